The van der Waals surface area contributed by atoms with Crippen molar-refractivity contribution in [2.45, 2.75) is 18.6 Å². The molecule has 0 aliphatic carbocycles. The van der Waals surface area contributed by atoms with Crippen molar-refractivity contribution in [3.05, 3.63) is 28.8 Å². The van der Waals surface area contributed by atoms with Crippen molar-refractivity contribution in [1.29, 1.82) is 0 Å². The van der Waals surface area contributed by atoms with Gasteiger partial charge in [0, 0.05) is 31.5 Å². The lowest BCUT2D eigenvalue weighted by atomic mass is 10.0. The molecule has 2 saturated heterocycles. The molecule has 21 heavy (non-hydrogen) atoms. The molecule has 3 rings (SSSR count). The van der Waals surface area contributed by atoms with Crippen LogP contribution in [0.15, 0.2) is 18.2 Å². The van der Waals surface area contributed by atoms with Crippen LogP contribution in [0.5, 0.6) is 5.75 Å². The standard InChI is InChI=1S/C15H18ClNO4/c1-19-13-3-2-11(10-12(13)16)14(18)17-6-4-15(5-7-17)20-8-9-21-15/h2-3,10H,4-9H2,1H3. The van der Waals surface area contributed by atoms with Crippen LogP contribution in [0, 0.1) is 0 Å². The van der Waals surface area contributed by atoms with E-state index in [-0.39, 0.29) is 5.91 Å². The van der Waals surface area contributed by atoms with Crippen molar-refractivity contribution < 1.29 is 19.0 Å². The van der Waals surface area contributed by atoms with Crippen molar-refractivity contribution in [3.8, 4) is 5.75 Å². The average Bonchev–Trinajstić information content (AvgIpc) is 2.95. The molecule has 0 radical (unpaired) electrons. The minimum Gasteiger partial charge on any atom is -0.495 e. The molecule has 0 unspecified atom stereocenters. The predicted octanol–water partition coefficient (Wildman–Crippen LogP) is 2.33. The summed E-state index contributed by atoms with van der Waals surface area (Å²) < 4.78 is 16.4. The van der Waals surface area contributed by atoms with E-state index >= 15 is 0 Å². The molecule has 0 N–H and O–H groups in total. The van der Waals surface area contributed by atoms with Crippen LogP contribution in [0.3, 0.4) is 0 Å². The molecule has 1 aromatic carbocycles. The van der Waals surface area contributed by atoms with Gasteiger partial charge < -0.3 is 19.1 Å². The minimum atomic E-state index is -0.464. The van der Waals surface area contributed by atoms with Gasteiger partial charge in [0.1, 0.15) is 5.75 Å². The summed E-state index contributed by atoms with van der Waals surface area (Å²) in [6.07, 6.45) is 1.42. The maximum atomic E-state index is 12.5. The maximum absolute atomic E-state index is 12.5. The Labute approximate surface area is 128 Å². The predicted molar refractivity (Wildman–Crippen MR) is 77.8 cm³/mol. The first-order chi connectivity index (χ1) is 10.1. The second kappa shape index (κ2) is 5.83. The van der Waals surface area contributed by atoms with Crippen molar-refractivity contribution in [2.24, 2.45) is 0 Å². The second-order valence-electron chi connectivity index (χ2n) is 5.25. The van der Waals surface area contributed by atoms with Crippen LogP contribution < -0.4 is 4.74 Å². The number of hydrogen-bond acceptors (Lipinski definition) is 4. The minimum absolute atomic E-state index is 0.0209. The first-order valence-corrected chi connectivity index (χ1v) is 7.42. The molecule has 0 atom stereocenters. The number of piperidine rings is 1. The molecule has 2 heterocycles. The Morgan fingerprint density at radius 3 is 2.52 bits per heavy atom. The summed E-state index contributed by atoms with van der Waals surface area (Å²) >= 11 is 6.08. The SMILES string of the molecule is COc1ccc(C(=O)N2CCC3(CC2)OCCO3)cc1Cl. The van der Waals surface area contributed by atoms with Crippen LogP contribution in [0.2, 0.25) is 5.02 Å². The van der Waals surface area contributed by atoms with E-state index in [4.69, 9.17) is 25.8 Å². The van der Waals surface area contributed by atoms with E-state index in [0.29, 0.717) is 55.5 Å². The molecule has 1 amide bonds. The monoisotopic (exact) mass is 311 g/mol. The van der Waals surface area contributed by atoms with Crippen LogP contribution in [0.1, 0.15) is 23.2 Å². The molecule has 0 saturated carbocycles. The molecule has 0 aromatic heterocycles. The molecule has 1 spiro atoms. The van der Waals surface area contributed by atoms with Gasteiger partial charge in [-0.15, -0.1) is 0 Å². The molecular formula is C15H18ClNO4. The molecule has 5 nitrogen and oxygen atoms in total. The van der Waals surface area contributed by atoms with Crippen LogP contribution in [-0.2, 0) is 9.47 Å². The maximum Gasteiger partial charge on any atom is 0.253 e. The third kappa shape index (κ3) is 2.86. The molecule has 2 aliphatic heterocycles. The summed E-state index contributed by atoms with van der Waals surface area (Å²) in [6, 6.07) is 5.10. The van der Waals surface area contributed by atoms with Gasteiger partial charge >= 0.3 is 0 Å². The van der Waals surface area contributed by atoms with Gasteiger partial charge in [-0.3, -0.25) is 4.79 Å². The fraction of sp³-hybridized carbons (Fsp3) is 0.533. The van der Waals surface area contributed by atoms with Gasteiger partial charge in [-0.25, -0.2) is 0 Å². The zero-order chi connectivity index (χ0) is 14.9. The topological polar surface area (TPSA) is 48.0 Å². The van der Waals surface area contributed by atoms with E-state index in [2.05, 4.69) is 0 Å². The Hall–Kier alpha value is -1.30. The van der Waals surface area contributed by atoms with Crippen molar-refractivity contribution >= 4 is 17.5 Å². The number of amides is 1. The highest BCUT2D eigenvalue weighted by Crippen LogP contribution is 2.32. The Morgan fingerprint density at radius 2 is 1.95 bits per heavy atom. The third-order valence-corrected chi connectivity index (χ3v) is 4.32. The first kappa shape index (κ1) is 14.6. The van der Waals surface area contributed by atoms with E-state index in [9.17, 15) is 4.79 Å². The van der Waals surface area contributed by atoms with Crippen molar-refractivity contribution in [3.63, 3.8) is 0 Å². The van der Waals surface area contributed by atoms with Crippen LogP contribution in [0.4, 0.5) is 0 Å². The second-order valence-corrected chi connectivity index (χ2v) is 5.66. The summed E-state index contributed by atoms with van der Waals surface area (Å²) in [5.74, 6) is 0.0832. The lowest BCUT2D eigenvalue weighted by molar-refractivity contribution is -0.181. The molecule has 2 fully saturated rings. The normalized spacial score (nSPS) is 20.8. The number of carbonyl (C=O) groups excluding carboxylic acids is 1. The fourth-order valence-electron chi connectivity index (χ4n) is 2.82. The Kier molecular flexibility index (Phi) is 4.06. The number of likely N-dealkylation sites (tertiary alicyclic amines) is 1. The van der Waals surface area contributed by atoms with Crippen LogP contribution in [0.25, 0.3) is 0 Å². The highest BCUT2D eigenvalue weighted by atomic mass is 35.5. The summed E-state index contributed by atoms with van der Waals surface area (Å²) in [6.45, 7) is 2.54. The summed E-state index contributed by atoms with van der Waals surface area (Å²) in [7, 11) is 1.55. The number of nitrogens with zero attached hydrogens (tertiary/aromatic N) is 1. The van der Waals surface area contributed by atoms with Crippen LogP contribution >= 0.6 is 11.6 Å². The molecule has 114 valence electrons. The van der Waals surface area contributed by atoms with Crippen molar-refractivity contribution in [1.82, 2.24) is 4.90 Å². The number of methoxy groups -OCH3 is 1. The number of rotatable bonds is 2. The summed E-state index contributed by atoms with van der Waals surface area (Å²) in [5.41, 5.74) is 0.574. The van der Waals surface area contributed by atoms with E-state index < -0.39 is 5.79 Å². The lowest BCUT2D eigenvalue weighted by Gasteiger charge is -2.37. The molecular weight excluding hydrogens is 294 g/mol. The zero-order valence-electron chi connectivity index (χ0n) is 11.9. The van der Waals surface area contributed by atoms with Gasteiger partial charge in [0.2, 0.25) is 0 Å². The van der Waals surface area contributed by atoms with Gasteiger partial charge in [-0.1, -0.05) is 11.6 Å². The molecule has 2 aliphatic rings. The smallest absolute Gasteiger partial charge is 0.253 e. The molecule has 1 aromatic rings. The zero-order valence-corrected chi connectivity index (χ0v) is 12.7. The Morgan fingerprint density at radius 1 is 1.29 bits per heavy atom. The van der Waals surface area contributed by atoms with Gasteiger partial charge in [0.05, 0.1) is 25.3 Å². The van der Waals surface area contributed by atoms with E-state index in [0.717, 1.165) is 0 Å². The number of ether oxygens (including phenoxy) is 3. The third-order valence-electron chi connectivity index (χ3n) is 4.02. The van der Waals surface area contributed by atoms with Crippen LogP contribution in [-0.4, -0.2) is 50.0 Å². The summed E-state index contributed by atoms with van der Waals surface area (Å²) in [4.78, 5) is 14.3. The number of halogens is 1. The van der Waals surface area contributed by atoms with Gasteiger partial charge in [0.15, 0.2) is 5.79 Å². The number of carbonyl (C=O) groups is 1. The van der Waals surface area contributed by atoms with E-state index in [1.54, 1.807) is 25.3 Å². The van der Waals surface area contributed by atoms with E-state index in [1.165, 1.54) is 0 Å². The number of benzene rings is 1. The van der Waals surface area contributed by atoms with E-state index in [1.807, 2.05) is 4.90 Å². The van der Waals surface area contributed by atoms with Gasteiger partial charge in [-0.2, -0.15) is 0 Å². The fourth-order valence-corrected chi connectivity index (χ4v) is 3.08. The highest BCUT2D eigenvalue weighted by molar-refractivity contribution is 6.32. The van der Waals surface area contributed by atoms with Crippen molar-refractivity contribution in [2.75, 3.05) is 33.4 Å². The largest absolute Gasteiger partial charge is 0.495 e. The quantitative estimate of drug-likeness (QED) is 0.841. The molecule has 6 heteroatoms. The van der Waals surface area contributed by atoms with Gasteiger partial charge in [0.25, 0.3) is 5.91 Å². The Balaban J connectivity index is 1.67. The lowest BCUT2D eigenvalue weighted by Crippen LogP contribution is -2.47. The molecule has 0 bridgehead atoms. The first-order valence-electron chi connectivity index (χ1n) is 7.04. The Bertz CT molecular complexity index is 532. The average molecular weight is 312 g/mol. The summed E-state index contributed by atoms with van der Waals surface area (Å²) in [5, 5.41) is 0.444. The van der Waals surface area contributed by atoms with Gasteiger partial charge in [-0.05, 0) is 18.2 Å². The highest BCUT2D eigenvalue weighted by Gasteiger charge is 2.40. The number of hydrogen-bond donors (Lipinski definition) is 0.